The van der Waals surface area contributed by atoms with Gasteiger partial charge in [0, 0.05) is 0 Å². The second kappa shape index (κ2) is 7.83. The highest BCUT2D eigenvalue weighted by Gasteiger charge is 2.09. The lowest BCUT2D eigenvalue weighted by atomic mass is 9.92. The number of rotatable bonds is 3. The van der Waals surface area contributed by atoms with Crippen molar-refractivity contribution in [1.29, 1.82) is 0 Å². The Kier molecular flexibility index (Phi) is 4.55. The second-order valence-corrected chi connectivity index (χ2v) is 8.22. The monoisotopic (exact) mass is 406 g/mol. The van der Waals surface area contributed by atoms with Crippen LogP contribution in [0.15, 0.2) is 121 Å². The van der Waals surface area contributed by atoms with Crippen LogP contribution in [0.2, 0.25) is 0 Å². The Morgan fingerprint density at radius 3 is 1.34 bits per heavy atom. The molecule has 0 fully saturated rings. The van der Waals surface area contributed by atoms with Gasteiger partial charge >= 0.3 is 0 Å². The van der Waals surface area contributed by atoms with Crippen LogP contribution in [-0.2, 0) is 0 Å². The van der Waals surface area contributed by atoms with E-state index in [1.165, 1.54) is 54.6 Å². The summed E-state index contributed by atoms with van der Waals surface area (Å²) < 4.78 is 0. The molecule has 6 rings (SSSR count). The Morgan fingerprint density at radius 2 is 0.750 bits per heavy atom. The fourth-order valence-corrected chi connectivity index (χ4v) is 4.63. The Morgan fingerprint density at radius 1 is 0.312 bits per heavy atom. The summed E-state index contributed by atoms with van der Waals surface area (Å²) in [4.78, 5) is 0. The van der Waals surface area contributed by atoms with Gasteiger partial charge in [-0.05, 0) is 60.6 Å². The maximum atomic E-state index is 2.35. The summed E-state index contributed by atoms with van der Waals surface area (Å²) in [5.74, 6) is 0. The highest BCUT2D eigenvalue weighted by atomic mass is 14.1. The summed E-state index contributed by atoms with van der Waals surface area (Å²) in [7, 11) is 0. The highest BCUT2D eigenvalue weighted by Crippen LogP contribution is 2.37. The van der Waals surface area contributed by atoms with E-state index >= 15 is 0 Å². The van der Waals surface area contributed by atoms with Crippen LogP contribution < -0.4 is 0 Å². The SMILES string of the molecule is C(=Cc1ccc(-c2ccc3c4ccccc4c4ccccc4c3c2)cc1)c1ccccc1. The molecule has 150 valence electrons. The largest absolute Gasteiger partial charge is 0.0622 e. The molecule has 6 aromatic rings. The van der Waals surface area contributed by atoms with Crippen molar-refractivity contribution in [2.45, 2.75) is 0 Å². The first-order valence-electron chi connectivity index (χ1n) is 11.0. The van der Waals surface area contributed by atoms with Crippen molar-refractivity contribution in [3.05, 3.63) is 132 Å². The van der Waals surface area contributed by atoms with E-state index in [4.69, 9.17) is 0 Å². The molecule has 0 atom stereocenters. The molecule has 0 aliphatic carbocycles. The molecule has 0 aromatic heterocycles. The first kappa shape index (κ1) is 18.6. The van der Waals surface area contributed by atoms with Gasteiger partial charge in [0.15, 0.2) is 0 Å². The van der Waals surface area contributed by atoms with Crippen molar-refractivity contribution in [2.24, 2.45) is 0 Å². The topological polar surface area (TPSA) is 0 Å². The molecule has 0 radical (unpaired) electrons. The normalized spacial score (nSPS) is 11.6. The third-order valence-corrected chi connectivity index (χ3v) is 6.26. The molecule has 0 aliphatic rings. The van der Waals surface area contributed by atoms with Crippen molar-refractivity contribution in [3.63, 3.8) is 0 Å². The summed E-state index contributed by atoms with van der Waals surface area (Å²) >= 11 is 0. The van der Waals surface area contributed by atoms with E-state index in [2.05, 4.69) is 127 Å². The maximum absolute atomic E-state index is 2.35. The molecule has 0 unspecified atom stereocenters. The van der Waals surface area contributed by atoms with Gasteiger partial charge in [0.25, 0.3) is 0 Å². The fourth-order valence-electron chi connectivity index (χ4n) is 4.63. The average molecular weight is 407 g/mol. The Hall–Kier alpha value is -4.16. The molecule has 32 heavy (non-hydrogen) atoms. The summed E-state index contributed by atoms with van der Waals surface area (Å²) in [6.45, 7) is 0. The van der Waals surface area contributed by atoms with Gasteiger partial charge in [-0.25, -0.2) is 0 Å². The van der Waals surface area contributed by atoms with Gasteiger partial charge in [0.05, 0.1) is 0 Å². The van der Waals surface area contributed by atoms with E-state index in [-0.39, 0.29) is 0 Å². The molecule has 0 aliphatic heterocycles. The predicted octanol–water partition coefficient (Wildman–Crippen LogP) is 8.98. The molecule has 0 amide bonds. The van der Waals surface area contributed by atoms with Crippen molar-refractivity contribution in [3.8, 4) is 11.1 Å². The van der Waals surface area contributed by atoms with Crippen LogP contribution in [0, 0.1) is 0 Å². The third-order valence-electron chi connectivity index (χ3n) is 6.26. The van der Waals surface area contributed by atoms with Gasteiger partial charge in [0.1, 0.15) is 0 Å². The van der Waals surface area contributed by atoms with E-state index in [0.29, 0.717) is 0 Å². The van der Waals surface area contributed by atoms with Gasteiger partial charge < -0.3 is 0 Å². The maximum Gasteiger partial charge on any atom is -0.00928 e. The number of hydrogen-bond donors (Lipinski definition) is 0. The van der Waals surface area contributed by atoms with Crippen molar-refractivity contribution in [2.75, 3.05) is 0 Å². The molecule has 0 nitrogen and oxygen atoms in total. The molecule has 0 saturated heterocycles. The Labute approximate surface area is 188 Å². The zero-order chi connectivity index (χ0) is 21.3. The lowest BCUT2D eigenvalue weighted by Gasteiger charge is -2.12. The van der Waals surface area contributed by atoms with E-state index in [9.17, 15) is 0 Å². The van der Waals surface area contributed by atoms with Gasteiger partial charge in [-0.2, -0.15) is 0 Å². The lowest BCUT2D eigenvalue weighted by Crippen LogP contribution is -1.85. The van der Waals surface area contributed by atoms with Crippen molar-refractivity contribution < 1.29 is 0 Å². The van der Waals surface area contributed by atoms with Crippen LogP contribution in [0.4, 0.5) is 0 Å². The molecule has 0 N–H and O–H groups in total. The van der Waals surface area contributed by atoms with Crippen LogP contribution in [0.3, 0.4) is 0 Å². The highest BCUT2D eigenvalue weighted by molar-refractivity contribution is 6.25. The van der Waals surface area contributed by atoms with Crippen LogP contribution in [0.5, 0.6) is 0 Å². The fraction of sp³-hybridized carbons (Fsp3) is 0. The minimum Gasteiger partial charge on any atom is -0.0622 e. The first-order chi connectivity index (χ1) is 15.9. The van der Waals surface area contributed by atoms with Gasteiger partial charge in [-0.15, -0.1) is 0 Å². The van der Waals surface area contributed by atoms with Crippen molar-refractivity contribution >= 4 is 44.5 Å². The zero-order valence-electron chi connectivity index (χ0n) is 17.7. The van der Waals surface area contributed by atoms with Crippen LogP contribution in [0.1, 0.15) is 11.1 Å². The summed E-state index contributed by atoms with van der Waals surface area (Å²) in [5, 5.41) is 7.88. The summed E-state index contributed by atoms with van der Waals surface area (Å²) in [6, 6.07) is 43.6. The van der Waals surface area contributed by atoms with Crippen LogP contribution >= 0.6 is 0 Å². The predicted molar refractivity (Wildman–Crippen MR) is 140 cm³/mol. The first-order valence-corrected chi connectivity index (χ1v) is 11.0. The molecule has 0 heterocycles. The third kappa shape index (κ3) is 3.27. The average Bonchev–Trinajstić information content (AvgIpc) is 2.88. The number of hydrogen-bond acceptors (Lipinski definition) is 0. The quantitative estimate of drug-likeness (QED) is 0.203. The zero-order valence-corrected chi connectivity index (χ0v) is 17.7. The molecular weight excluding hydrogens is 384 g/mol. The van der Waals surface area contributed by atoms with E-state index in [0.717, 1.165) is 0 Å². The summed E-state index contributed by atoms with van der Waals surface area (Å²) in [6.07, 6.45) is 4.32. The number of benzene rings is 6. The minimum absolute atomic E-state index is 1.20. The second-order valence-electron chi connectivity index (χ2n) is 8.22. The van der Waals surface area contributed by atoms with Crippen LogP contribution in [0.25, 0.3) is 55.6 Å². The van der Waals surface area contributed by atoms with E-state index in [1.54, 1.807) is 0 Å². The molecule has 0 heteroatoms. The molecule has 0 bridgehead atoms. The van der Waals surface area contributed by atoms with Gasteiger partial charge in [0.2, 0.25) is 0 Å². The molecule has 0 spiro atoms. The Bertz CT molecular complexity index is 1550. The standard InChI is InChI=1S/C32H22/c1-2-8-23(9-3-1)14-15-24-16-18-25(19-17-24)26-20-21-31-29-12-5-4-10-27(29)28-11-6-7-13-30(28)32(31)22-26/h1-22H. The lowest BCUT2D eigenvalue weighted by molar-refractivity contribution is 1.62. The van der Waals surface area contributed by atoms with Gasteiger partial charge in [-0.1, -0.05) is 127 Å². The summed E-state index contributed by atoms with van der Waals surface area (Å²) in [5.41, 5.74) is 4.90. The Balaban J connectivity index is 1.44. The van der Waals surface area contributed by atoms with E-state index < -0.39 is 0 Å². The van der Waals surface area contributed by atoms with Crippen molar-refractivity contribution in [1.82, 2.24) is 0 Å². The molecular formula is C32H22. The molecule has 0 saturated carbocycles. The smallest absolute Gasteiger partial charge is 0.00928 e. The minimum atomic E-state index is 1.20. The molecule has 6 aromatic carbocycles. The van der Waals surface area contributed by atoms with Crippen LogP contribution in [-0.4, -0.2) is 0 Å². The van der Waals surface area contributed by atoms with E-state index in [1.807, 2.05) is 6.07 Å². The number of fused-ring (bicyclic) bond motifs is 6. The van der Waals surface area contributed by atoms with Gasteiger partial charge in [-0.3, -0.25) is 0 Å².